The van der Waals surface area contributed by atoms with E-state index in [0.717, 1.165) is 10.9 Å². The van der Waals surface area contributed by atoms with E-state index in [4.69, 9.17) is 6.42 Å². The van der Waals surface area contributed by atoms with Gasteiger partial charge < -0.3 is 0 Å². The maximum atomic E-state index is 13.3. The van der Waals surface area contributed by atoms with Gasteiger partial charge in [-0.2, -0.15) is 5.10 Å². The van der Waals surface area contributed by atoms with Crippen molar-refractivity contribution in [3.8, 4) is 34.6 Å². The van der Waals surface area contributed by atoms with Crippen molar-refractivity contribution >= 4 is 9.84 Å². The third kappa shape index (κ3) is 3.81. The molecule has 0 amide bonds. The molecule has 0 aliphatic carbocycles. The van der Waals surface area contributed by atoms with E-state index in [9.17, 15) is 17.6 Å². The largest absolute Gasteiger partial charge is 0.276 e. The predicted octanol–water partition coefficient (Wildman–Crippen LogP) is 2.75. The number of terminal acetylenes is 1. The Hall–Kier alpha value is -3.24. The normalized spacial score (nSPS) is 11.1. The van der Waals surface area contributed by atoms with Crippen LogP contribution in [0.1, 0.15) is 0 Å². The Bertz CT molecular complexity index is 1190. The molecule has 3 aromatic rings. The van der Waals surface area contributed by atoms with Gasteiger partial charge in [0.25, 0.3) is 5.56 Å². The lowest BCUT2D eigenvalue weighted by atomic mass is 9.97. The number of hydrogen-bond donors (Lipinski definition) is 0. The van der Waals surface area contributed by atoms with E-state index in [1.807, 2.05) is 0 Å². The van der Waals surface area contributed by atoms with Gasteiger partial charge in [-0.25, -0.2) is 17.5 Å². The fraction of sp³-hybridized carbons (Fsp3) is 0.100. The average Bonchev–Trinajstić information content (AvgIpc) is 2.64. The summed E-state index contributed by atoms with van der Waals surface area (Å²) < 4.78 is 37.8. The maximum Gasteiger partial charge on any atom is 0.276 e. The Labute approximate surface area is 156 Å². The summed E-state index contributed by atoms with van der Waals surface area (Å²) in [7, 11) is -3.34. The second-order valence-corrected chi connectivity index (χ2v) is 7.92. The lowest BCUT2D eigenvalue weighted by molar-refractivity contribution is 0.602. The molecule has 0 bridgehead atoms. The van der Waals surface area contributed by atoms with E-state index in [1.165, 1.54) is 42.6 Å². The first-order chi connectivity index (χ1) is 12.8. The first kappa shape index (κ1) is 18.5. The molecule has 0 saturated carbocycles. The predicted molar refractivity (Wildman–Crippen MR) is 101 cm³/mol. The van der Waals surface area contributed by atoms with Crippen LogP contribution in [0, 0.1) is 18.2 Å². The standard InChI is InChI=1S/C20H15FN2O3S/c1-3-12-23-20(24)19(15-4-8-16(21)9-5-15)18(13-22-23)14-6-10-17(11-7-14)27(2,25)26/h1,4-11,13H,12H2,2H3. The molecular formula is C20H15FN2O3S. The van der Waals surface area contributed by atoms with Crippen molar-refractivity contribution in [2.45, 2.75) is 11.4 Å². The Balaban J connectivity index is 2.24. The van der Waals surface area contributed by atoms with Gasteiger partial charge in [0.1, 0.15) is 12.4 Å². The summed E-state index contributed by atoms with van der Waals surface area (Å²) in [4.78, 5) is 13.0. The zero-order chi connectivity index (χ0) is 19.6. The topological polar surface area (TPSA) is 69.0 Å². The van der Waals surface area contributed by atoms with Crippen LogP contribution >= 0.6 is 0 Å². The number of nitrogens with zero attached hydrogens (tertiary/aromatic N) is 2. The Kier molecular flexibility index (Phi) is 4.93. The van der Waals surface area contributed by atoms with Crippen LogP contribution in [0.3, 0.4) is 0 Å². The van der Waals surface area contributed by atoms with Crippen LogP contribution in [-0.4, -0.2) is 24.5 Å². The molecule has 0 aliphatic rings. The SMILES string of the molecule is C#CCn1ncc(-c2ccc(S(C)(=O)=O)cc2)c(-c2ccc(F)cc2)c1=O. The highest BCUT2D eigenvalue weighted by Gasteiger charge is 2.16. The zero-order valence-electron chi connectivity index (χ0n) is 14.4. The number of rotatable bonds is 4. The van der Waals surface area contributed by atoms with Crippen LogP contribution < -0.4 is 5.56 Å². The van der Waals surface area contributed by atoms with Gasteiger partial charge in [-0.15, -0.1) is 6.42 Å². The minimum absolute atomic E-state index is 0.000322. The fourth-order valence-corrected chi connectivity index (χ4v) is 3.31. The number of aromatic nitrogens is 2. The highest BCUT2D eigenvalue weighted by atomic mass is 32.2. The van der Waals surface area contributed by atoms with E-state index >= 15 is 0 Å². The van der Waals surface area contributed by atoms with Crippen molar-refractivity contribution in [2.75, 3.05) is 6.26 Å². The Morgan fingerprint density at radius 2 is 1.67 bits per heavy atom. The number of hydrogen-bond acceptors (Lipinski definition) is 4. The highest BCUT2D eigenvalue weighted by molar-refractivity contribution is 7.90. The summed E-state index contributed by atoms with van der Waals surface area (Å²) in [6.07, 6.45) is 7.90. The van der Waals surface area contributed by atoms with Gasteiger partial charge >= 0.3 is 0 Å². The zero-order valence-corrected chi connectivity index (χ0v) is 15.2. The molecular weight excluding hydrogens is 367 g/mol. The van der Waals surface area contributed by atoms with E-state index in [2.05, 4.69) is 11.0 Å². The molecule has 0 fully saturated rings. The summed E-state index contributed by atoms with van der Waals surface area (Å²) in [5.41, 5.74) is 1.52. The van der Waals surface area contributed by atoms with Crippen molar-refractivity contribution in [1.29, 1.82) is 0 Å². The molecule has 136 valence electrons. The molecule has 0 radical (unpaired) electrons. The minimum Gasteiger partial charge on any atom is -0.267 e. The maximum absolute atomic E-state index is 13.3. The second kappa shape index (κ2) is 7.17. The van der Waals surface area contributed by atoms with Gasteiger partial charge in [0, 0.05) is 11.8 Å². The van der Waals surface area contributed by atoms with Crippen LogP contribution in [0.5, 0.6) is 0 Å². The van der Waals surface area contributed by atoms with E-state index in [0.29, 0.717) is 22.3 Å². The Morgan fingerprint density at radius 3 is 2.22 bits per heavy atom. The minimum atomic E-state index is -3.34. The van der Waals surface area contributed by atoms with E-state index in [1.54, 1.807) is 12.1 Å². The molecule has 1 heterocycles. The van der Waals surface area contributed by atoms with E-state index in [-0.39, 0.29) is 11.4 Å². The smallest absolute Gasteiger partial charge is 0.267 e. The van der Waals surface area contributed by atoms with Crippen molar-refractivity contribution in [2.24, 2.45) is 0 Å². The van der Waals surface area contributed by atoms with Gasteiger partial charge in [-0.05, 0) is 35.4 Å². The molecule has 0 saturated heterocycles. The number of sulfone groups is 1. The van der Waals surface area contributed by atoms with Gasteiger partial charge in [0.15, 0.2) is 9.84 Å². The van der Waals surface area contributed by atoms with E-state index < -0.39 is 21.2 Å². The summed E-state index contributed by atoms with van der Waals surface area (Å²) in [5, 5.41) is 4.09. The quantitative estimate of drug-likeness (QED) is 0.651. The van der Waals surface area contributed by atoms with Crippen LogP contribution in [-0.2, 0) is 16.4 Å². The average molecular weight is 382 g/mol. The first-order valence-corrected chi connectivity index (χ1v) is 9.80. The van der Waals surface area contributed by atoms with Gasteiger partial charge in [0.05, 0.1) is 16.7 Å². The second-order valence-electron chi connectivity index (χ2n) is 5.90. The van der Waals surface area contributed by atoms with Gasteiger partial charge in [-0.1, -0.05) is 30.2 Å². The van der Waals surface area contributed by atoms with Crippen LogP contribution in [0.4, 0.5) is 4.39 Å². The molecule has 7 heteroatoms. The monoisotopic (exact) mass is 382 g/mol. The molecule has 27 heavy (non-hydrogen) atoms. The fourth-order valence-electron chi connectivity index (χ4n) is 2.68. The summed E-state index contributed by atoms with van der Waals surface area (Å²) in [6.45, 7) is 0.000322. The molecule has 5 nitrogen and oxygen atoms in total. The number of halogens is 1. The third-order valence-corrected chi connectivity index (χ3v) is 5.14. The molecule has 2 aromatic carbocycles. The first-order valence-electron chi connectivity index (χ1n) is 7.91. The van der Waals surface area contributed by atoms with Crippen molar-refractivity contribution in [1.82, 2.24) is 9.78 Å². The number of benzene rings is 2. The van der Waals surface area contributed by atoms with Crippen molar-refractivity contribution in [3.63, 3.8) is 0 Å². The lowest BCUT2D eigenvalue weighted by Crippen LogP contribution is -2.24. The van der Waals surface area contributed by atoms with Gasteiger partial charge in [0.2, 0.25) is 0 Å². The van der Waals surface area contributed by atoms with Gasteiger partial charge in [-0.3, -0.25) is 4.79 Å². The molecule has 3 rings (SSSR count). The summed E-state index contributed by atoms with van der Waals surface area (Å²) >= 11 is 0. The van der Waals surface area contributed by atoms with Crippen molar-refractivity contribution in [3.05, 3.63) is 70.9 Å². The third-order valence-electron chi connectivity index (χ3n) is 4.01. The summed E-state index contributed by atoms with van der Waals surface area (Å²) in [5.74, 6) is 1.95. The Morgan fingerprint density at radius 1 is 1.07 bits per heavy atom. The van der Waals surface area contributed by atoms with Crippen LogP contribution in [0.2, 0.25) is 0 Å². The highest BCUT2D eigenvalue weighted by Crippen LogP contribution is 2.29. The molecule has 1 aromatic heterocycles. The molecule has 0 aliphatic heterocycles. The lowest BCUT2D eigenvalue weighted by Gasteiger charge is -2.12. The summed E-state index contributed by atoms with van der Waals surface area (Å²) in [6, 6.07) is 11.7. The van der Waals surface area contributed by atoms with Crippen LogP contribution in [0.15, 0.2) is 64.4 Å². The van der Waals surface area contributed by atoms with Crippen LogP contribution in [0.25, 0.3) is 22.3 Å². The molecule has 0 spiro atoms. The molecule has 0 N–H and O–H groups in total. The molecule has 0 atom stereocenters. The van der Waals surface area contributed by atoms with Crippen molar-refractivity contribution < 1.29 is 12.8 Å². The molecule has 0 unspecified atom stereocenters.